The zero-order valence-corrected chi connectivity index (χ0v) is 16.0. The van der Waals surface area contributed by atoms with E-state index in [-0.39, 0.29) is 22.8 Å². The van der Waals surface area contributed by atoms with Gasteiger partial charge in [0.15, 0.2) is 0 Å². The molecule has 2 aromatic carbocycles. The van der Waals surface area contributed by atoms with Crippen molar-refractivity contribution in [1.82, 2.24) is 0 Å². The van der Waals surface area contributed by atoms with E-state index in [0.29, 0.717) is 22.3 Å². The van der Waals surface area contributed by atoms with E-state index in [1.54, 1.807) is 54.6 Å². The van der Waals surface area contributed by atoms with Gasteiger partial charge in [0, 0.05) is 16.9 Å². The Kier molecular flexibility index (Phi) is 5.21. The molecule has 0 aliphatic carbocycles. The van der Waals surface area contributed by atoms with Crippen LogP contribution in [-0.4, -0.2) is 5.97 Å². The van der Waals surface area contributed by atoms with E-state index in [9.17, 15) is 15.2 Å². The lowest BCUT2D eigenvalue weighted by molar-refractivity contribution is -0.292. The van der Waals surface area contributed by atoms with Crippen molar-refractivity contribution >= 4 is 23.3 Å². The predicted octanol–water partition coefficient (Wildman–Crippen LogP) is 5.00. The van der Waals surface area contributed by atoms with Gasteiger partial charge < -0.3 is 14.3 Å². The zero-order chi connectivity index (χ0) is 21.8. The van der Waals surface area contributed by atoms with Crippen LogP contribution in [0.1, 0.15) is 11.3 Å². The molecular weight excluding hydrogens is 392 g/mol. The third kappa shape index (κ3) is 3.62. The summed E-state index contributed by atoms with van der Waals surface area (Å²) >= 11 is 0. The quantitative estimate of drug-likeness (QED) is 0.450. The monoisotopic (exact) mass is 405 g/mol. The first-order valence-electron chi connectivity index (χ1n) is 9.21. The fourth-order valence-electron chi connectivity index (χ4n) is 3.28. The number of ether oxygens (including phenoxy) is 1. The van der Waals surface area contributed by atoms with E-state index in [2.05, 4.69) is 4.85 Å². The van der Waals surface area contributed by atoms with Crippen LogP contribution in [0.15, 0.2) is 88.6 Å². The number of nitriles is 1. The molecule has 3 aromatic rings. The third-order valence-electron chi connectivity index (χ3n) is 4.63. The minimum atomic E-state index is -0.721. The minimum Gasteiger partial charge on any atom is -0.590 e. The number of hydrogen-bond donors (Lipinski definition) is 0. The van der Waals surface area contributed by atoms with Crippen molar-refractivity contribution in [2.24, 2.45) is 0 Å². The van der Waals surface area contributed by atoms with Gasteiger partial charge in [-0.3, -0.25) is 0 Å². The average Bonchev–Trinajstić information content (AvgIpc) is 3.30. The van der Waals surface area contributed by atoms with E-state index in [1.165, 1.54) is 12.2 Å². The maximum Gasteiger partial charge on any atom is 0.355 e. The number of carbonyl (C=O) groups is 1. The molecule has 0 atom stereocenters. The molecule has 0 saturated carbocycles. The molecule has 0 N–H and O–H groups in total. The van der Waals surface area contributed by atoms with Crippen molar-refractivity contribution in [3.63, 3.8) is 0 Å². The van der Waals surface area contributed by atoms with Gasteiger partial charge in [-0.25, -0.2) is 9.64 Å². The lowest BCUT2D eigenvalue weighted by atomic mass is 10.00. The van der Waals surface area contributed by atoms with Gasteiger partial charge in [0.05, 0.1) is 12.5 Å². The lowest BCUT2D eigenvalue weighted by Gasteiger charge is -2.04. The molecule has 0 spiro atoms. The number of nitrogens with zero attached hydrogens (tertiary/aromatic N) is 2. The van der Waals surface area contributed by atoms with Crippen LogP contribution < -0.4 is 5.11 Å². The molecule has 2 heterocycles. The van der Waals surface area contributed by atoms with Crippen LogP contribution in [0, 0.1) is 17.9 Å². The Morgan fingerprint density at radius 1 is 1.03 bits per heavy atom. The molecular formula is C25H13N2O4-. The molecule has 0 amide bonds. The highest BCUT2D eigenvalue weighted by Gasteiger charge is 2.30. The van der Waals surface area contributed by atoms with Crippen molar-refractivity contribution in [3.05, 3.63) is 107 Å². The predicted molar refractivity (Wildman–Crippen MR) is 112 cm³/mol. The van der Waals surface area contributed by atoms with Gasteiger partial charge in [-0.2, -0.15) is 5.26 Å². The summed E-state index contributed by atoms with van der Waals surface area (Å²) in [5.74, 6) is -1.01. The molecule has 6 nitrogen and oxygen atoms in total. The highest BCUT2D eigenvalue weighted by Crippen LogP contribution is 2.42. The molecule has 0 unspecified atom stereocenters. The molecule has 0 saturated heterocycles. The van der Waals surface area contributed by atoms with Gasteiger partial charge in [0.2, 0.25) is 5.69 Å². The Morgan fingerprint density at radius 2 is 1.68 bits per heavy atom. The fraction of sp³-hybridized carbons (Fsp3) is 0. The Balaban J connectivity index is 1.75. The first kappa shape index (κ1) is 19.5. The molecule has 4 rings (SSSR count). The van der Waals surface area contributed by atoms with E-state index < -0.39 is 11.9 Å². The van der Waals surface area contributed by atoms with Gasteiger partial charge in [-0.05, 0) is 23.3 Å². The summed E-state index contributed by atoms with van der Waals surface area (Å²) in [6.45, 7) is 7.32. The Morgan fingerprint density at radius 3 is 2.29 bits per heavy atom. The summed E-state index contributed by atoms with van der Waals surface area (Å²) in [6.07, 6.45) is 4.58. The van der Waals surface area contributed by atoms with Crippen LogP contribution in [0.5, 0.6) is 5.95 Å². The molecule has 0 fully saturated rings. The summed E-state index contributed by atoms with van der Waals surface area (Å²) < 4.78 is 10.5. The van der Waals surface area contributed by atoms with Gasteiger partial charge in [-0.15, -0.1) is 0 Å². The molecule has 1 aliphatic heterocycles. The van der Waals surface area contributed by atoms with Crippen molar-refractivity contribution < 1.29 is 19.1 Å². The second-order valence-electron chi connectivity index (χ2n) is 6.46. The SMILES string of the molecule is [C-]#[N+]c1c([O-])oc(/C=C/C=C2\OC(=O)C(C#N)=C2c2ccccc2)c1-c1ccccc1. The fourth-order valence-corrected chi connectivity index (χ4v) is 3.28. The number of rotatable bonds is 4. The molecule has 31 heavy (non-hydrogen) atoms. The second-order valence-corrected chi connectivity index (χ2v) is 6.46. The van der Waals surface area contributed by atoms with Crippen molar-refractivity contribution in [3.8, 4) is 23.1 Å². The van der Waals surface area contributed by atoms with E-state index in [1.807, 2.05) is 18.2 Å². The van der Waals surface area contributed by atoms with Gasteiger partial charge in [0.1, 0.15) is 17.4 Å². The first-order chi connectivity index (χ1) is 15.1. The summed E-state index contributed by atoms with van der Waals surface area (Å²) in [6, 6.07) is 19.9. The molecule has 6 heteroatoms. The summed E-state index contributed by atoms with van der Waals surface area (Å²) in [5, 5.41) is 21.5. The smallest absolute Gasteiger partial charge is 0.355 e. The van der Waals surface area contributed by atoms with Crippen LogP contribution in [0.2, 0.25) is 0 Å². The van der Waals surface area contributed by atoms with Crippen LogP contribution in [0.4, 0.5) is 5.69 Å². The number of benzene rings is 2. The third-order valence-corrected chi connectivity index (χ3v) is 4.63. The van der Waals surface area contributed by atoms with Crippen molar-refractivity contribution in [2.75, 3.05) is 0 Å². The minimum absolute atomic E-state index is 0.0778. The zero-order valence-electron chi connectivity index (χ0n) is 16.0. The molecule has 148 valence electrons. The lowest BCUT2D eigenvalue weighted by Crippen LogP contribution is -1.96. The second kappa shape index (κ2) is 8.28. The normalized spacial score (nSPS) is 14.6. The van der Waals surface area contributed by atoms with Gasteiger partial charge in [-0.1, -0.05) is 66.7 Å². The standard InChI is InChI=1S/C25H14N2O4/c1-27-23-22(17-11-6-3-7-12-17)20(31-25(23)29)14-8-13-19-21(16-9-4-2-5-10-16)18(15-26)24(28)30-19/h2-14,29H/p-1/b14-8+,19-13-. The summed E-state index contributed by atoms with van der Waals surface area (Å²) in [5.41, 5.74) is 1.97. The van der Waals surface area contributed by atoms with Gasteiger partial charge >= 0.3 is 5.97 Å². The number of carbonyl (C=O) groups excluding carboxylic acids is 1. The van der Waals surface area contributed by atoms with Crippen LogP contribution >= 0.6 is 0 Å². The highest BCUT2D eigenvalue weighted by atomic mass is 16.5. The number of esters is 1. The molecule has 1 aromatic heterocycles. The molecule has 1 aliphatic rings. The molecule has 0 radical (unpaired) electrons. The van der Waals surface area contributed by atoms with Crippen LogP contribution in [0.25, 0.3) is 27.6 Å². The summed E-state index contributed by atoms with van der Waals surface area (Å²) in [4.78, 5) is 15.4. The number of hydrogen-bond acceptors (Lipinski definition) is 5. The van der Waals surface area contributed by atoms with Crippen LogP contribution in [-0.2, 0) is 9.53 Å². The average molecular weight is 405 g/mol. The van der Waals surface area contributed by atoms with Crippen molar-refractivity contribution in [1.29, 1.82) is 5.26 Å². The largest absolute Gasteiger partial charge is 0.590 e. The van der Waals surface area contributed by atoms with E-state index >= 15 is 0 Å². The van der Waals surface area contributed by atoms with Crippen molar-refractivity contribution in [2.45, 2.75) is 0 Å². The number of furan rings is 1. The maximum absolute atomic E-state index is 12.1. The first-order valence-corrected chi connectivity index (χ1v) is 9.21. The highest BCUT2D eigenvalue weighted by molar-refractivity contribution is 6.10. The number of allylic oxidation sites excluding steroid dienone is 3. The van der Waals surface area contributed by atoms with E-state index in [0.717, 1.165) is 0 Å². The molecule has 0 bridgehead atoms. The summed E-state index contributed by atoms with van der Waals surface area (Å²) in [7, 11) is 0. The van der Waals surface area contributed by atoms with Gasteiger partial charge in [0.25, 0.3) is 0 Å². The Bertz CT molecular complexity index is 1330. The number of cyclic esters (lactones) is 1. The van der Waals surface area contributed by atoms with Crippen LogP contribution in [0.3, 0.4) is 0 Å². The Hall–Kier alpha value is -4.81. The van der Waals surface area contributed by atoms with E-state index in [4.69, 9.17) is 15.7 Å². The Labute approximate surface area is 178 Å². The topological polar surface area (TPSA) is 90.7 Å². The maximum atomic E-state index is 12.1.